The van der Waals surface area contributed by atoms with E-state index in [9.17, 15) is 13.6 Å². The van der Waals surface area contributed by atoms with E-state index < -0.39 is 17.4 Å². The molecule has 1 amide bonds. The van der Waals surface area contributed by atoms with Crippen LogP contribution in [0, 0.1) is 5.82 Å². The van der Waals surface area contributed by atoms with Gasteiger partial charge in [-0.15, -0.1) is 0 Å². The van der Waals surface area contributed by atoms with E-state index in [1.54, 1.807) is 17.6 Å². The second-order valence-corrected chi connectivity index (χ2v) is 3.96. The van der Waals surface area contributed by atoms with E-state index in [0.29, 0.717) is 12.1 Å². The van der Waals surface area contributed by atoms with Crippen molar-refractivity contribution >= 4 is 34.5 Å². The number of fused-ring (bicyclic) bond motifs is 1. The Balaban J connectivity index is 2.51. The number of benzene rings is 1. The third kappa shape index (κ3) is 2.15. The van der Waals surface area contributed by atoms with Gasteiger partial charge in [0, 0.05) is 6.54 Å². The number of para-hydroxylation sites is 1. The first kappa shape index (κ1) is 12.8. The highest BCUT2D eigenvalue weighted by Crippen LogP contribution is 2.22. The van der Waals surface area contributed by atoms with E-state index in [1.807, 2.05) is 0 Å². The first-order valence-corrected chi connectivity index (χ1v) is 5.72. The van der Waals surface area contributed by atoms with Crippen LogP contribution in [-0.4, -0.2) is 21.1 Å². The zero-order valence-corrected chi connectivity index (χ0v) is 10.2. The molecule has 0 saturated heterocycles. The first-order chi connectivity index (χ1) is 8.54. The van der Waals surface area contributed by atoms with E-state index in [1.165, 1.54) is 12.1 Å². The van der Waals surface area contributed by atoms with Gasteiger partial charge in [-0.1, -0.05) is 17.7 Å². The molecule has 0 bridgehead atoms. The van der Waals surface area contributed by atoms with Crippen molar-refractivity contribution in [1.82, 2.24) is 9.55 Å². The summed E-state index contributed by atoms with van der Waals surface area (Å²) >= 11 is 5.01. The molecule has 7 heteroatoms. The number of alkyl halides is 2. The van der Waals surface area contributed by atoms with Gasteiger partial charge in [0.15, 0.2) is 5.82 Å². The van der Waals surface area contributed by atoms with Gasteiger partial charge in [-0.05, 0) is 19.1 Å². The quantitative estimate of drug-likeness (QED) is 0.874. The monoisotopic (exact) mass is 273 g/mol. The number of nitrogens with one attached hydrogen (secondary N) is 1. The zero-order valence-electron chi connectivity index (χ0n) is 9.45. The Morgan fingerprint density at radius 3 is 2.94 bits per heavy atom. The van der Waals surface area contributed by atoms with Gasteiger partial charge < -0.3 is 4.57 Å². The van der Waals surface area contributed by atoms with Gasteiger partial charge >= 0.3 is 0 Å². The largest absolute Gasteiger partial charge is 0.310 e. The molecular weight excluding hydrogens is 264 g/mol. The van der Waals surface area contributed by atoms with Gasteiger partial charge in [-0.25, -0.2) is 13.8 Å². The summed E-state index contributed by atoms with van der Waals surface area (Å²) in [7, 11) is 0. The van der Waals surface area contributed by atoms with E-state index in [2.05, 4.69) is 10.3 Å². The third-order valence-electron chi connectivity index (χ3n) is 2.48. The second-order valence-electron chi connectivity index (χ2n) is 3.58. The van der Waals surface area contributed by atoms with Gasteiger partial charge in [0.25, 0.3) is 11.5 Å². The summed E-state index contributed by atoms with van der Waals surface area (Å²) < 4.78 is 27.7. The van der Waals surface area contributed by atoms with Gasteiger partial charge in [0.1, 0.15) is 5.52 Å². The maximum atomic E-state index is 13.5. The number of aryl methyl sites for hydroxylation is 1. The number of amides is 1. The van der Waals surface area contributed by atoms with Crippen LogP contribution in [0.2, 0.25) is 0 Å². The van der Waals surface area contributed by atoms with Crippen LogP contribution < -0.4 is 5.32 Å². The van der Waals surface area contributed by atoms with Crippen LogP contribution in [0.15, 0.2) is 18.2 Å². The summed E-state index contributed by atoms with van der Waals surface area (Å²) in [6.45, 7) is 2.25. The van der Waals surface area contributed by atoms with Crippen LogP contribution >= 0.6 is 11.6 Å². The van der Waals surface area contributed by atoms with E-state index in [0.717, 1.165) is 0 Å². The molecule has 0 radical (unpaired) electrons. The molecule has 0 spiro atoms. The molecule has 2 rings (SSSR count). The van der Waals surface area contributed by atoms with Crippen LogP contribution in [0.3, 0.4) is 0 Å². The summed E-state index contributed by atoms with van der Waals surface area (Å²) in [5, 5.41) is 2.22. The summed E-state index contributed by atoms with van der Waals surface area (Å²) in [6.07, 6.45) is 0. The normalized spacial score (nSPS) is 12.7. The Morgan fingerprint density at radius 1 is 1.61 bits per heavy atom. The van der Waals surface area contributed by atoms with Crippen LogP contribution in [0.5, 0.6) is 0 Å². The predicted molar refractivity (Wildman–Crippen MR) is 64.7 cm³/mol. The van der Waals surface area contributed by atoms with Crippen LogP contribution in [0.1, 0.15) is 6.92 Å². The lowest BCUT2D eigenvalue weighted by Gasteiger charge is -2.07. The molecule has 0 aliphatic heterocycles. The fourth-order valence-corrected chi connectivity index (χ4v) is 1.75. The molecule has 0 aliphatic rings. The summed E-state index contributed by atoms with van der Waals surface area (Å²) in [6, 6.07) is 4.47. The van der Waals surface area contributed by atoms with Crippen molar-refractivity contribution in [2.75, 3.05) is 5.32 Å². The molecule has 0 saturated carbocycles. The minimum Gasteiger partial charge on any atom is -0.310 e. The summed E-state index contributed by atoms with van der Waals surface area (Å²) in [5.74, 6) is -1.45. The minimum absolute atomic E-state index is 0.0749. The number of hydrogen-bond donors (Lipinski definition) is 1. The molecule has 1 aromatic carbocycles. The van der Waals surface area contributed by atoms with Crippen molar-refractivity contribution in [3.8, 4) is 0 Å². The maximum Gasteiger partial charge on any atom is 0.276 e. The average molecular weight is 274 g/mol. The third-order valence-corrected chi connectivity index (χ3v) is 2.68. The molecule has 0 fully saturated rings. The van der Waals surface area contributed by atoms with E-state index in [4.69, 9.17) is 11.6 Å². The van der Waals surface area contributed by atoms with Crippen LogP contribution in [0.4, 0.5) is 14.7 Å². The van der Waals surface area contributed by atoms with Crippen molar-refractivity contribution in [1.29, 1.82) is 0 Å². The number of aromatic nitrogens is 2. The van der Waals surface area contributed by atoms with Crippen molar-refractivity contribution in [3.63, 3.8) is 0 Å². The smallest absolute Gasteiger partial charge is 0.276 e. The fourth-order valence-electron chi connectivity index (χ4n) is 1.69. The Morgan fingerprint density at radius 2 is 2.33 bits per heavy atom. The lowest BCUT2D eigenvalue weighted by molar-refractivity contribution is -0.118. The molecule has 1 heterocycles. The van der Waals surface area contributed by atoms with Gasteiger partial charge in [0.2, 0.25) is 5.95 Å². The molecule has 4 nitrogen and oxygen atoms in total. The number of carbonyl (C=O) groups excluding carboxylic acids is 1. The van der Waals surface area contributed by atoms with Crippen molar-refractivity contribution < 1.29 is 13.6 Å². The van der Waals surface area contributed by atoms with E-state index >= 15 is 0 Å². The average Bonchev–Trinajstić information content (AvgIpc) is 2.68. The van der Waals surface area contributed by atoms with Crippen molar-refractivity contribution in [2.45, 2.75) is 19.1 Å². The molecular formula is C11H10ClF2N3O. The summed E-state index contributed by atoms with van der Waals surface area (Å²) in [5.41, 5.74) is -1.52. The molecule has 18 heavy (non-hydrogen) atoms. The topological polar surface area (TPSA) is 46.9 Å². The molecule has 96 valence electrons. The Bertz CT molecular complexity index is 597. The number of carbonyl (C=O) groups is 1. The van der Waals surface area contributed by atoms with Gasteiger partial charge in [-0.2, -0.15) is 0 Å². The summed E-state index contributed by atoms with van der Waals surface area (Å²) in [4.78, 5) is 15.1. The standard InChI is InChI=1S/C11H10ClF2N3O/c1-2-17-7-5-3-4-6(13)8(7)15-11(17)16-10(18)9(12)14/h3-5,9H,2H2,1H3,(H,15,16,18). The number of hydrogen-bond acceptors (Lipinski definition) is 2. The minimum atomic E-state index is -2.17. The highest BCUT2D eigenvalue weighted by Gasteiger charge is 2.18. The lowest BCUT2D eigenvalue weighted by Crippen LogP contribution is -2.21. The van der Waals surface area contributed by atoms with Crippen molar-refractivity contribution in [3.05, 3.63) is 24.0 Å². The molecule has 1 atom stereocenters. The number of anilines is 1. The number of imidazole rings is 1. The maximum absolute atomic E-state index is 13.5. The molecule has 1 unspecified atom stereocenters. The lowest BCUT2D eigenvalue weighted by atomic mass is 10.3. The second kappa shape index (κ2) is 4.89. The molecule has 1 aromatic heterocycles. The Hall–Kier alpha value is -1.69. The number of halogens is 3. The Labute approximate surface area is 107 Å². The van der Waals surface area contributed by atoms with Gasteiger partial charge in [-0.3, -0.25) is 10.1 Å². The van der Waals surface area contributed by atoms with Crippen molar-refractivity contribution in [2.24, 2.45) is 0 Å². The van der Waals surface area contributed by atoms with Crippen LogP contribution in [0.25, 0.3) is 11.0 Å². The highest BCUT2D eigenvalue weighted by atomic mass is 35.5. The first-order valence-electron chi connectivity index (χ1n) is 5.28. The van der Waals surface area contributed by atoms with Gasteiger partial charge in [0.05, 0.1) is 5.52 Å². The number of nitrogens with zero attached hydrogens (tertiary/aromatic N) is 2. The Kier molecular flexibility index (Phi) is 3.47. The predicted octanol–water partition coefficient (Wildman–Crippen LogP) is 2.67. The fraction of sp³-hybridized carbons (Fsp3) is 0.273. The molecule has 2 aromatic rings. The zero-order chi connectivity index (χ0) is 13.3. The molecule has 1 N–H and O–H groups in total. The van der Waals surface area contributed by atoms with E-state index in [-0.39, 0.29) is 11.5 Å². The van der Waals surface area contributed by atoms with Crippen LogP contribution in [-0.2, 0) is 11.3 Å². The number of rotatable bonds is 3. The molecule has 0 aliphatic carbocycles. The highest BCUT2D eigenvalue weighted by molar-refractivity contribution is 6.31. The SMILES string of the molecule is CCn1c(NC(=O)C(F)Cl)nc2c(F)cccc21.